The largest absolute Gasteiger partial charge is 0.444 e. The zero-order chi connectivity index (χ0) is 15.7. The maximum atomic E-state index is 11.8. The topological polar surface area (TPSA) is 50.4 Å². The molecule has 4 nitrogen and oxygen atoms in total. The van der Waals surface area contributed by atoms with Crippen LogP contribution in [0.1, 0.15) is 66.7 Å². The van der Waals surface area contributed by atoms with Gasteiger partial charge in [0.25, 0.3) is 0 Å². The second kappa shape index (κ2) is 6.15. The lowest BCUT2D eigenvalue weighted by atomic mass is 9.84. The van der Waals surface area contributed by atoms with Crippen molar-refractivity contribution >= 4 is 6.09 Å². The van der Waals surface area contributed by atoms with Gasteiger partial charge in [-0.3, -0.25) is 0 Å². The number of hydrogen-bond acceptors (Lipinski definition) is 3. The Morgan fingerprint density at radius 3 is 2.43 bits per heavy atom. The Hall–Kier alpha value is -0.770. The van der Waals surface area contributed by atoms with Crippen molar-refractivity contribution in [1.29, 1.82) is 0 Å². The molecule has 2 rings (SSSR count). The van der Waals surface area contributed by atoms with Crippen molar-refractivity contribution in [2.24, 2.45) is 11.3 Å². The second-order valence-corrected chi connectivity index (χ2v) is 8.45. The van der Waals surface area contributed by atoms with E-state index in [1.807, 2.05) is 20.8 Å². The lowest BCUT2D eigenvalue weighted by molar-refractivity contribution is 0.0510. The molecule has 2 fully saturated rings. The van der Waals surface area contributed by atoms with E-state index in [1.54, 1.807) is 0 Å². The number of ether oxygens (including phenoxy) is 1. The van der Waals surface area contributed by atoms with Crippen LogP contribution in [0.4, 0.5) is 4.79 Å². The molecule has 1 amide bonds. The summed E-state index contributed by atoms with van der Waals surface area (Å²) in [6.45, 7) is 11.1. The fourth-order valence-electron chi connectivity index (χ4n) is 3.21. The van der Waals surface area contributed by atoms with Gasteiger partial charge in [0.05, 0.1) is 0 Å². The minimum Gasteiger partial charge on any atom is -0.444 e. The Morgan fingerprint density at radius 2 is 1.86 bits per heavy atom. The van der Waals surface area contributed by atoms with Crippen LogP contribution in [0.3, 0.4) is 0 Å². The van der Waals surface area contributed by atoms with Crippen molar-refractivity contribution in [2.75, 3.05) is 6.54 Å². The molecule has 122 valence electrons. The van der Waals surface area contributed by atoms with Crippen LogP contribution in [0.2, 0.25) is 0 Å². The third kappa shape index (κ3) is 5.17. The highest BCUT2D eigenvalue weighted by Crippen LogP contribution is 2.45. The van der Waals surface area contributed by atoms with Gasteiger partial charge in [-0.25, -0.2) is 4.79 Å². The number of nitrogens with one attached hydrogen (secondary N) is 2. The maximum Gasteiger partial charge on any atom is 0.407 e. The summed E-state index contributed by atoms with van der Waals surface area (Å²) in [5.74, 6) is 0.530. The van der Waals surface area contributed by atoms with Gasteiger partial charge in [-0.1, -0.05) is 26.7 Å². The lowest BCUT2D eigenvalue weighted by Gasteiger charge is -2.33. The molecule has 0 aliphatic heterocycles. The van der Waals surface area contributed by atoms with E-state index in [2.05, 4.69) is 24.5 Å². The molecule has 2 aliphatic carbocycles. The van der Waals surface area contributed by atoms with Crippen LogP contribution in [0, 0.1) is 11.3 Å². The highest BCUT2D eigenvalue weighted by Gasteiger charge is 2.47. The molecule has 0 spiro atoms. The number of carbonyl (C=O) groups excluding carboxylic acids is 1. The van der Waals surface area contributed by atoms with Crippen LogP contribution in [-0.2, 0) is 4.74 Å². The number of carbonyl (C=O) groups is 1. The Morgan fingerprint density at radius 1 is 1.24 bits per heavy atom. The Bertz CT molecular complexity index is 373. The highest BCUT2D eigenvalue weighted by molar-refractivity contribution is 5.67. The molecule has 0 bridgehead atoms. The minimum absolute atomic E-state index is 0.293. The zero-order valence-corrected chi connectivity index (χ0v) is 14.3. The van der Waals surface area contributed by atoms with E-state index >= 15 is 0 Å². The first-order valence-electron chi connectivity index (χ1n) is 8.40. The molecule has 0 heterocycles. The third-order valence-corrected chi connectivity index (χ3v) is 4.75. The fourth-order valence-corrected chi connectivity index (χ4v) is 3.21. The number of rotatable bonds is 4. The predicted molar refractivity (Wildman–Crippen MR) is 85.3 cm³/mol. The average molecular weight is 296 g/mol. The molecule has 0 saturated heterocycles. The van der Waals surface area contributed by atoms with Gasteiger partial charge in [0.15, 0.2) is 0 Å². The van der Waals surface area contributed by atoms with Gasteiger partial charge in [0.2, 0.25) is 0 Å². The van der Waals surface area contributed by atoms with Crippen molar-refractivity contribution in [3.05, 3.63) is 0 Å². The molecule has 0 aromatic rings. The van der Waals surface area contributed by atoms with E-state index in [0.717, 1.165) is 6.54 Å². The summed E-state index contributed by atoms with van der Waals surface area (Å²) in [6.07, 6.45) is 5.98. The zero-order valence-electron chi connectivity index (χ0n) is 14.3. The SMILES string of the molecule is CC(C)(C)OC(=O)NCC1CCCCC1NC1CC1(C)C. The normalized spacial score (nSPS) is 31.6. The summed E-state index contributed by atoms with van der Waals surface area (Å²) in [7, 11) is 0. The molecule has 21 heavy (non-hydrogen) atoms. The summed E-state index contributed by atoms with van der Waals surface area (Å²) in [5, 5.41) is 6.77. The van der Waals surface area contributed by atoms with Crippen LogP contribution in [0.5, 0.6) is 0 Å². The summed E-state index contributed by atoms with van der Waals surface area (Å²) in [4.78, 5) is 11.8. The molecule has 0 aromatic heterocycles. The molecule has 2 N–H and O–H groups in total. The molecule has 2 aliphatic rings. The molecule has 0 aromatic carbocycles. The van der Waals surface area contributed by atoms with Crippen LogP contribution < -0.4 is 10.6 Å². The third-order valence-electron chi connectivity index (χ3n) is 4.75. The van der Waals surface area contributed by atoms with Crippen molar-refractivity contribution < 1.29 is 9.53 Å². The van der Waals surface area contributed by atoms with E-state index < -0.39 is 5.60 Å². The van der Waals surface area contributed by atoms with E-state index in [-0.39, 0.29) is 6.09 Å². The van der Waals surface area contributed by atoms with Crippen LogP contribution in [0.15, 0.2) is 0 Å². The van der Waals surface area contributed by atoms with Crippen LogP contribution >= 0.6 is 0 Å². The first-order valence-corrected chi connectivity index (χ1v) is 8.40. The monoisotopic (exact) mass is 296 g/mol. The molecule has 4 heteroatoms. The summed E-state index contributed by atoms with van der Waals surface area (Å²) >= 11 is 0. The van der Waals surface area contributed by atoms with Crippen molar-refractivity contribution in [3.8, 4) is 0 Å². The molecule has 0 radical (unpaired) electrons. The van der Waals surface area contributed by atoms with Gasteiger partial charge >= 0.3 is 6.09 Å². The maximum absolute atomic E-state index is 11.8. The van der Waals surface area contributed by atoms with Crippen LogP contribution in [0.25, 0.3) is 0 Å². The Kier molecular flexibility index (Phi) is 4.86. The van der Waals surface area contributed by atoms with E-state index in [1.165, 1.54) is 32.1 Å². The van der Waals surface area contributed by atoms with E-state index in [0.29, 0.717) is 23.4 Å². The fraction of sp³-hybridized carbons (Fsp3) is 0.941. The average Bonchev–Trinajstić information content (AvgIpc) is 2.93. The van der Waals surface area contributed by atoms with Gasteiger partial charge < -0.3 is 15.4 Å². The van der Waals surface area contributed by atoms with Crippen molar-refractivity contribution in [2.45, 2.75) is 84.4 Å². The predicted octanol–water partition coefficient (Wildman–Crippen LogP) is 3.46. The highest BCUT2D eigenvalue weighted by atomic mass is 16.6. The molecular weight excluding hydrogens is 264 g/mol. The lowest BCUT2D eigenvalue weighted by Crippen LogP contribution is -2.46. The first-order chi connectivity index (χ1) is 9.67. The minimum atomic E-state index is -0.424. The summed E-state index contributed by atoms with van der Waals surface area (Å²) < 4.78 is 5.32. The molecule has 3 atom stereocenters. The van der Waals surface area contributed by atoms with Gasteiger partial charge in [0, 0.05) is 18.6 Å². The number of hydrogen-bond donors (Lipinski definition) is 2. The van der Waals surface area contributed by atoms with Gasteiger partial charge in [-0.05, 0) is 51.4 Å². The Balaban J connectivity index is 1.78. The van der Waals surface area contributed by atoms with Crippen LogP contribution in [-0.4, -0.2) is 30.3 Å². The van der Waals surface area contributed by atoms with Gasteiger partial charge in [-0.15, -0.1) is 0 Å². The number of alkyl carbamates (subject to hydrolysis) is 1. The van der Waals surface area contributed by atoms with Gasteiger partial charge in [-0.2, -0.15) is 0 Å². The van der Waals surface area contributed by atoms with E-state index in [9.17, 15) is 4.79 Å². The standard InChI is InChI=1S/C17H32N2O2/c1-16(2,3)21-15(20)18-11-12-8-6-7-9-13(12)19-14-10-17(14,4)5/h12-14,19H,6-11H2,1-5H3,(H,18,20). The smallest absolute Gasteiger partial charge is 0.407 e. The van der Waals surface area contributed by atoms with Gasteiger partial charge in [0.1, 0.15) is 5.60 Å². The number of amides is 1. The van der Waals surface area contributed by atoms with Crippen molar-refractivity contribution in [3.63, 3.8) is 0 Å². The Labute approximate surface area is 129 Å². The van der Waals surface area contributed by atoms with Crippen molar-refractivity contribution in [1.82, 2.24) is 10.6 Å². The molecule has 2 saturated carbocycles. The second-order valence-electron chi connectivity index (χ2n) is 8.45. The van der Waals surface area contributed by atoms with E-state index in [4.69, 9.17) is 4.74 Å². The quantitative estimate of drug-likeness (QED) is 0.835. The molecule has 3 unspecified atom stereocenters. The summed E-state index contributed by atoms with van der Waals surface area (Å²) in [5.41, 5.74) is 0.0347. The first kappa shape index (κ1) is 16.6. The summed E-state index contributed by atoms with van der Waals surface area (Å²) in [6, 6.07) is 1.20. The molecular formula is C17H32N2O2.